The smallest absolute Gasteiger partial charge is 0.475 e. The van der Waals surface area contributed by atoms with E-state index in [1.165, 1.54) is 30.6 Å². The molecular formula is C27H19ClF6N6O5. The third-order valence-corrected chi connectivity index (χ3v) is 7.17. The number of carbonyl (C=O) groups excluding carboxylic acids is 2. The Kier molecular flexibility index (Phi) is 8.09. The van der Waals surface area contributed by atoms with Crippen molar-refractivity contribution in [3.05, 3.63) is 70.6 Å². The summed E-state index contributed by atoms with van der Waals surface area (Å²) in [5.74, 6) is -3.51. The van der Waals surface area contributed by atoms with Crippen molar-refractivity contribution in [2.75, 3.05) is 23.7 Å². The van der Waals surface area contributed by atoms with Crippen LogP contribution in [0.15, 0.2) is 48.9 Å². The number of nitrogens with zero attached hydrogens (tertiary/aromatic N) is 2. The molecule has 1 amide bonds. The summed E-state index contributed by atoms with van der Waals surface area (Å²) in [7, 11) is 0. The number of ketones is 1. The largest absolute Gasteiger partial charge is 0.490 e. The molecule has 45 heavy (non-hydrogen) atoms. The predicted molar refractivity (Wildman–Crippen MR) is 146 cm³/mol. The van der Waals surface area contributed by atoms with Gasteiger partial charge in [0.15, 0.2) is 5.78 Å². The molecule has 1 atom stereocenters. The Bertz CT molecular complexity index is 1820. The third-order valence-electron chi connectivity index (χ3n) is 6.86. The number of aromatic nitrogens is 3. The normalized spacial score (nSPS) is 17.6. The number of anilines is 2. The number of nitrogens with one attached hydrogen (secondary N) is 4. The molecule has 0 radical (unpaired) electrons. The minimum absolute atomic E-state index is 0.0318. The molecule has 11 nitrogen and oxygen atoms in total. The fraction of sp³-hybridized carbons (Fsp3) is 0.222. The molecule has 0 aliphatic carbocycles. The van der Waals surface area contributed by atoms with E-state index in [9.17, 15) is 35.9 Å². The van der Waals surface area contributed by atoms with Crippen LogP contribution in [0.5, 0.6) is 11.6 Å². The Labute approximate surface area is 252 Å². The minimum atomic E-state index is -5.08. The second-order valence-electron chi connectivity index (χ2n) is 9.82. The van der Waals surface area contributed by atoms with Crippen LogP contribution in [0, 0.1) is 0 Å². The van der Waals surface area contributed by atoms with Gasteiger partial charge in [0.2, 0.25) is 5.88 Å². The number of carbonyl (C=O) groups is 3. The predicted octanol–water partition coefficient (Wildman–Crippen LogP) is 5.38. The van der Waals surface area contributed by atoms with Gasteiger partial charge in [-0.15, -0.1) is 0 Å². The number of carboxylic acid groups (broad SMARTS) is 1. The maximum Gasteiger partial charge on any atom is 0.490 e. The molecule has 5 heterocycles. The molecule has 1 fully saturated rings. The molecule has 18 heteroatoms. The summed E-state index contributed by atoms with van der Waals surface area (Å²) in [6.45, 7) is 1.10. The fourth-order valence-electron chi connectivity index (χ4n) is 4.68. The number of aliphatic carboxylic acids is 1. The van der Waals surface area contributed by atoms with E-state index >= 15 is 0 Å². The molecule has 0 bridgehead atoms. The van der Waals surface area contributed by atoms with Crippen LogP contribution < -0.4 is 20.7 Å². The van der Waals surface area contributed by atoms with Crippen LogP contribution in [0.2, 0.25) is 5.02 Å². The summed E-state index contributed by atoms with van der Waals surface area (Å²) in [6, 6.07) is 5.78. The van der Waals surface area contributed by atoms with Crippen LogP contribution in [-0.2, 0) is 15.8 Å². The maximum absolute atomic E-state index is 13.6. The van der Waals surface area contributed by atoms with Crippen molar-refractivity contribution in [2.24, 2.45) is 0 Å². The first-order valence-electron chi connectivity index (χ1n) is 12.7. The molecule has 2 aliphatic heterocycles. The number of carboxylic acids is 1. The van der Waals surface area contributed by atoms with Crippen molar-refractivity contribution >= 4 is 51.7 Å². The first-order valence-corrected chi connectivity index (χ1v) is 13.1. The number of H-pyrrole nitrogens is 1. The summed E-state index contributed by atoms with van der Waals surface area (Å²) < 4.78 is 76.2. The van der Waals surface area contributed by atoms with Gasteiger partial charge in [-0.1, -0.05) is 11.6 Å². The number of amides is 1. The van der Waals surface area contributed by atoms with Crippen LogP contribution in [0.1, 0.15) is 27.9 Å². The van der Waals surface area contributed by atoms with Crippen molar-refractivity contribution in [3.63, 3.8) is 0 Å². The number of benzene rings is 1. The zero-order valence-electron chi connectivity index (χ0n) is 22.4. The second-order valence-corrected chi connectivity index (χ2v) is 10.2. The van der Waals surface area contributed by atoms with Crippen molar-refractivity contribution in [1.82, 2.24) is 20.3 Å². The van der Waals surface area contributed by atoms with Gasteiger partial charge in [-0.05, 0) is 31.2 Å². The van der Waals surface area contributed by atoms with Crippen LogP contribution in [0.25, 0.3) is 11.0 Å². The van der Waals surface area contributed by atoms with Gasteiger partial charge in [-0.25, -0.2) is 14.8 Å². The summed E-state index contributed by atoms with van der Waals surface area (Å²) in [6.07, 6.45) is -5.03. The number of hydrogen-bond acceptors (Lipinski definition) is 8. The van der Waals surface area contributed by atoms with Crippen LogP contribution in [-0.4, -0.2) is 62.5 Å². The number of pyridine rings is 2. The van der Waals surface area contributed by atoms with E-state index in [1.807, 2.05) is 0 Å². The Morgan fingerprint density at radius 2 is 1.78 bits per heavy atom. The molecule has 1 aromatic carbocycles. The van der Waals surface area contributed by atoms with Crippen LogP contribution in [0.4, 0.5) is 37.7 Å². The molecular weight excluding hydrogens is 638 g/mol. The van der Waals surface area contributed by atoms with E-state index in [4.69, 9.17) is 26.2 Å². The highest BCUT2D eigenvalue weighted by Crippen LogP contribution is 2.41. The first-order chi connectivity index (χ1) is 21.1. The van der Waals surface area contributed by atoms with E-state index in [-0.39, 0.29) is 33.7 Å². The van der Waals surface area contributed by atoms with E-state index in [0.717, 1.165) is 18.3 Å². The lowest BCUT2D eigenvalue weighted by molar-refractivity contribution is -0.192. The number of ether oxygens (including phenoxy) is 1. The monoisotopic (exact) mass is 656 g/mol. The first kappa shape index (κ1) is 31.5. The van der Waals surface area contributed by atoms with Gasteiger partial charge in [-0.2, -0.15) is 26.3 Å². The molecule has 1 spiro atoms. The van der Waals surface area contributed by atoms with Gasteiger partial charge in [-0.3, -0.25) is 9.59 Å². The maximum atomic E-state index is 13.6. The molecule has 6 rings (SSSR count). The molecule has 5 N–H and O–H groups in total. The molecule has 3 aromatic heterocycles. The number of aromatic amines is 1. The van der Waals surface area contributed by atoms with E-state index in [0.29, 0.717) is 41.9 Å². The molecule has 1 unspecified atom stereocenters. The van der Waals surface area contributed by atoms with E-state index in [1.54, 1.807) is 0 Å². The average molecular weight is 657 g/mol. The Hall–Kier alpha value is -4.90. The van der Waals surface area contributed by atoms with Crippen molar-refractivity contribution in [3.8, 4) is 11.6 Å². The molecule has 4 aromatic rings. The molecule has 1 saturated heterocycles. The Morgan fingerprint density at radius 3 is 2.40 bits per heavy atom. The summed E-state index contributed by atoms with van der Waals surface area (Å²) in [5, 5.41) is 17.1. The average Bonchev–Trinajstić information content (AvgIpc) is 3.61. The zero-order chi connectivity index (χ0) is 32.7. The Morgan fingerprint density at radius 1 is 1.04 bits per heavy atom. The van der Waals surface area contributed by atoms with Gasteiger partial charge < -0.3 is 30.8 Å². The Balaban J connectivity index is 0.000000515. The van der Waals surface area contributed by atoms with E-state index < -0.39 is 35.2 Å². The highest BCUT2D eigenvalue weighted by Gasteiger charge is 2.45. The molecule has 236 valence electrons. The van der Waals surface area contributed by atoms with Crippen LogP contribution >= 0.6 is 11.6 Å². The second kappa shape index (κ2) is 11.6. The van der Waals surface area contributed by atoms with Gasteiger partial charge in [0, 0.05) is 36.6 Å². The van der Waals surface area contributed by atoms with Gasteiger partial charge >= 0.3 is 18.3 Å². The number of alkyl halides is 6. The van der Waals surface area contributed by atoms with Crippen LogP contribution in [0.3, 0.4) is 0 Å². The molecule has 2 aliphatic rings. The zero-order valence-corrected chi connectivity index (χ0v) is 23.1. The molecule has 0 saturated carbocycles. The highest BCUT2D eigenvalue weighted by atomic mass is 35.5. The number of rotatable bonds is 4. The number of hydrogen-bond donors (Lipinski definition) is 5. The fourth-order valence-corrected chi connectivity index (χ4v) is 4.94. The van der Waals surface area contributed by atoms with Crippen molar-refractivity contribution in [2.45, 2.75) is 24.3 Å². The number of fused-ring (bicyclic) bond motifs is 3. The highest BCUT2D eigenvalue weighted by molar-refractivity contribution is 6.36. The van der Waals surface area contributed by atoms with E-state index in [2.05, 4.69) is 30.9 Å². The lowest BCUT2D eigenvalue weighted by Gasteiger charge is -2.35. The number of halogens is 7. The lowest BCUT2D eigenvalue weighted by atomic mass is 9.92. The topological polar surface area (TPSA) is 158 Å². The van der Waals surface area contributed by atoms with Gasteiger partial charge in [0.05, 0.1) is 39.1 Å². The summed E-state index contributed by atoms with van der Waals surface area (Å²) >= 11 is 6.42. The van der Waals surface area contributed by atoms with Gasteiger partial charge in [0.25, 0.3) is 5.91 Å². The lowest BCUT2D eigenvalue weighted by Crippen LogP contribution is -2.54. The SMILES string of the molecule is O=C(O)C(F)(F)F.O=C(c1ccc(Oc2cc(C(F)(F)F)ccn2)cc1Cl)c1c[nH]c2ncc3c(c12)NC1(CCNC1)C(=O)N3. The van der Waals surface area contributed by atoms with Gasteiger partial charge in [0.1, 0.15) is 16.9 Å². The standard InChI is InChI=1S/C25H18ClF3N6O3.C2HF3O2/c26-16-8-13(38-18-7-12(3-5-31-18)25(27,28)29)1-2-14(16)21(36)15-9-32-22-19(15)20-17(10-33-22)34-23(37)24(35-20)4-6-30-11-24;3-2(4,5)1(6)7/h1-3,5,7-10,30,35H,4,6,11H2,(H,32,33)(H,34,37);(H,6,7). The quantitative estimate of drug-likeness (QED) is 0.144. The van der Waals surface area contributed by atoms with Crippen molar-refractivity contribution < 1.29 is 50.6 Å². The summed E-state index contributed by atoms with van der Waals surface area (Å²) in [4.78, 5) is 46.4. The third kappa shape index (κ3) is 6.34. The minimum Gasteiger partial charge on any atom is -0.475 e. The summed E-state index contributed by atoms with van der Waals surface area (Å²) in [5.41, 5.74) is 0.162. The van der Waals surface area contributed by atoms with Crippen molar-refractivity contribution in [1.29, 1.82) is 0 Å².